The Morgan fingerprint density at radius 2 is 2.25 bits per heavy atom. The number of nitrogens with zero attached hydrogens (tertiary/aromatic N) is 6. The van der Waals surface area contributed by atoms with E-state index in [1.165, 1.54) is 23.5 Å². The molecule has 210 valence electrons. The van der Waals surface area contributed by atoms with Gasteiger partial charge in [0.15, 0.2) is 10.2 Å². The number of rotatable bonds is 11. The lowest BCUT2D eigenvalue weighted by atomic mass is 10.0. The molecule has 14 nitrogen and oxygen atoms in total. The molecule has 2 aliphatic rings. The standard InChI is InChI=1S/C23H24N8O6S3/c1-2-37-27-15(18-26-23(24)40-28-18)19(33)25-16-20(34)31-17(22(35)36)12(11-39-21(16)31)10-29-6-7-30-13(29)4-3-5-14(30)38-9-8-32/h3-7,16,21,32H,2,8-11H2,1H3,(H3-,24,25,26,28,33,35,36)/b27-15-/t16-,21+/m1/s1. The molecule has 0 aromatic carbocycles. The van der Waals surface area contributed by atoms with E-state index >= 15 is 0 Å². The molecule has 0 bridgehead atoms. The summed E-state index contributed by atoms with van der Waals surface area (Å²) in [6.45, 7) is 2.14. The quantitative estimate of drug-likeness (QED) is 0.0766. The highest BCUT2D eigenvalue weighted by Gasteiger charge is 2.53. The molecule has 0 spiro atoms. The lowest BCUT2D eigenvalue weighted by molar-refractivity contribution is -0.662. The van der Waals surface area contributed by atoms with E-state index in [9.17, 15) is 24.6 Å². The number of carboxylic acids is 1. The molecular formula is C23H24N8O6S3. The van der Waals surface area contributed by atoms with Crippen LogP contribution in [-0.2, 0) is 25.8 Å². The number of aliphatic hydroxyl groups is 1. The molecule has 1 fully saturated rings. The maximum atomic E-state index is 13.1. The predicted molar refractivity (Wildman–Crippen MR) is 145 cm³/mol. The molecule has 5 heterocycles. The number of anilines is 1. The van der Waals surface area contributed by atoms with Crippen molar-refractivity contribution in [3.8, 4) is 0 Å². The maximum absolute atomic E-state index is 13.1. The van der Waals surface area contributed by atoms with Gasteiger partial charge in [-0.1, -0.05) is 16.9 Å². The van der Waals surface area contributed by atoms with Crippen LogP contribution in [0.15, 0.2) is 52.0 Å². The number of nitrogens with two attached hydrogens (primary N) is 1. The van der Waals surface area contributed by atoms with Crippen LogP contribution in [0.2, 0.25) is 0 Å². The number of hydrogen-bond acceptors (Lipinski definition) is 13. The van der Waals surface area contributed by atoms with Crippen LogP contribution < -0.4 is 20.7 Å². The highest BCUT2D eigenvalue weighted by molar-refractivity contribution is 8.00. The van der Waals surface area contributed by atoms with E-state index in [0.717, 1.165) is 27.1 Å². The first-order chi connectivity index (χ1) is 19.3. The molecular weight excluding hydrogens is 581 g/mol. The van der Waals surface area contributed by atoms with E-state index in [4.69, 9.17) is 10.6 Å². The number of β-lactam (4-membered cyclic amide) rings is 1. The Balaban J connectivity index is 1.36. The van der Waals surface area contributed by atoms with Crippen LogP contribution in [0.1, 0.15) is 12.7 Å². The van der Waals surface area contributed by atoms with Gasteiger partial charge in [-0.05, 0) is 19.1 Å². The zero-order valence-corrected chi connectivity index (χ0v) is 23.5. The molecule has 2 atom stereocenters. The van der Waals surface area contributed by atoms with Crippen molar-refractivity contribution in [3.63, 3.8) is 0 Å². The van der Waals surface area contributed by atoms with Crippen molar-refractivity contribution in [2.24, 2.45) is 5.16 Å². The summed E-state index contributed by atoms with van der Waals surface area (Å²) in [7, 11) is 0. The van der Waals surface area contributed by atoms with E-state index in [1.807, 2.05) is 39.6 Å². The maximum Gasteiger partial charge on any atom is 0.287 e. The van der Waals surface area contributed by atoms with Gasteiger partial charge in [0.05, 0.1) is 18.3 Å². The highest BCUT2D eigenvalue weighted by Crippen LogP contribution is 2.40. The van der Waals surface area contributed by atoms with Crippen molar-refractivity contribution >= 4 is 69.3 Å². The molecule has 17 heteroatoms. The number of hydrogen-bond donors (Lipinski definition) is 3. The van der Waals surface area contributed by atoms with Gasteiger partial charge < -0.3 is 30.9 Å². The third-order valence-corrected chi connectivity index (χ3v) is 8.94. The number of imidazole rings is 1. The van der Waals surface area contributed by atoms with Crippen LogP contribution in [0.3, 0.4) is 0 Å². The number of aliphatic carboxylic acids is 1. The second-order valence-electron chi connectivity index (χ2n) is 8.50. The summed E-state index contributed by atoms with van der Waals surface area (Å²) < 4.78 is 7.82. The van der Waals surface area contributed by atoms with Gasteiger partial charge in [0.2, 0.25) is 11.5 Å². The average Bonchev–Trinajstić information content (AvgIpc) is 3.56. The minimum Gasteiger partial charge on any atom is -0.543 e. The fraction of sp³-hybridized carbons (Fsp3) is 0.348. The van der Waals surface area contributed by atoms with Gasteiger partial charge in [0, 0.05) is 34.7 Å². The minimum atomic E-state index is -1.47. The molecule has 40 heavy (non-hydrogen) atoms. The molecule has 0 unspecified atom stereocenters. The summed E-state index contributed by atoms with van der Waals surface area (Å²) in [5, 5.41) is 28.2. The fourth-order valence-electron chi connectivity index (χ4n) is 4.35. The van der Waals surface area contributed by atoms with Crippen molar-refractivity contribution in [3.05, 3.63) is 47.7 Å². The van der Waals surface area contributed by atoms with Gasteiger partial charge in [0.25, 0.3) is 17.5 Å². The number of nitrogens with one attached hydrogen (secondary N) is 1. The average molecular weight is 605 g/mol. The van der Waals surface area contributed by atoms with E-state index in [1.54, 1.807) is 6.92 Å². The molecule has 2 aliphatic heterocycles. The Hall–Kier alpha value is -3.67. The van der Waals surface area contributed by atoms with Crippen LogP contribution in [0.5, 0.6) is 0 Å². The Morgan fingerprint density at radius 1 is 1.43 bits per heavy atom. The molecule has 2 amide bonds. The number of pyridine rings is 1. The predicted octanol–water partition coefficient (Wildman–Crippen LogP) is -1.41. The number of thioether (sulfide) groups is 2. The van der Waals surface area contributed by atoms with E-state index in [0.29, 0.717) is 17.1 Å². The van der Waals surface area contributed by atoms with Crippen LogP contribution >= 0.6 is 35.1 Å². The summed E-state index contributed by atoms with van der Waals surface area (Å²) >= 11 is 3.71. The number of carboxylic acid groups (broad SMARTS) is 1. The molecule has 0 radical (unpaired) electrons. The Kier molecular flexibility index (Phi) is 8.24. The number of fused-ring (bicyclic) bond motifs is 2. The van der Waals surface area contributed by atoms with Crippen molar-refractivity contribution < 1.29 is 34.0 Å². The largest absolute Gasteiger partial charge is 0.543 e. The fourth-order valence-corrected chi connectivity index (χ4v) is 6.89. The number of amides is 2. The number of aliphatic hydroxyl groups excluding tert-OH is 1. The number of oxime groups is 1. The molecule has 4 N–H and O–H groups in total. The number of carbonyl (C=O) groups excluding carboxylic acids is 3. The smallest absolute Gasteiger partial charge is 0.287 e. The molecule has 0 saturated carbocycles. The van der Waals surface area contributed by atoms with Gasteiger partial charge in [-0.2, -0.15) is 13.8 Å². The Bertz CT molecular complexity index is 1540. The molecule has 3 aromatic rings. The second-order valence-corrected chi connectivity index (χ2v) is 11.5. The molecule has 5 rings (SSSR count). The number of carbonyl (C=O) groups is 3. The minimum absolute atomic E-state index is 0.0410. The van der Waals surface area contributed by atoms with Crippen molar-refractivity contribution in [2.45, 2.75) is 29.9 Å². The summed E-state index contributed by atoms with van der Waals surface area (Å²) in [6.07, 6.45) is 3.69. The van der Waals surface area contributed by atoms with Crippen LogP contribution in [0.4, 0.5) is 5.13 Å². The normalized spacial score (nSPS) is 19.0. The van der Waals surface area contributed by atoms with Gasteiger partial charge >= 0.3 is 0 Å². The highest BCUT2D eigenvalue weighted by atomic mass is 32.2. The van der Waals surface area contributed by atoms with Crippen LogP contribution in [0, 0.1) is 0 Å². The zero-order chi connectivity index (χ0) is 28.4. The summed E-state index contributed by atoms with van der Waals surface area (Å²) in [5.41, 5.74) is 6.51. The Morgan fingerprint density at radius 3 is 2.95 bits per heavy atom. The third-order valence-electron chi connectivity index (χ3n) is 6.04. The summed E-state index contributed by atoms with van der Waals surface area (Å²) in [4.78, 5) is 48.5. The van der Waals surface area contributed by atoms with Crippen molar-refractivity contribution in [1.29, 1.82) is 0 Å². The van der Waals surface area contributed by atoms with Crippen molar-refractivity contribution in [2.75, 3.05) is 30.5 Å². The van der Waals surface area contributed by atoms with E-state index in [-0.39, 0.29) is 42.1 Å². The molecule has 0 aliphatic carbocycles. The lowest BCUT2D eigenvalue weighted by Gasteiger charge is -2.50. The first-order valence-electron chi connectivity index (χ1n) is 12.1. The van der Waals surface area contributed by atoms with E-state index in [2.05, 4.69) is 19.8 Å². The third kappa shape index (κ3) is 5.24. The Labute approximate surface area is 240 Å². The first kappa shape index (κ1) is 27.9. The lowest BCUT2D eigenvalue weighted by Crippen LogP contribution is -2.71. The summed E-state index contributed by atoms with van der Waals surface area (Å²) in [6, 6.07) is 4.72. The van der Waals surface area contributed by atoms with Gasteiger partial charge in [-0.25, -0.2) is 4.57 Å². The monoisotopic (exact) mass is 604 g/mol. The van der Waals surface area contributed by atoms with Gasteiger partial charge in [0.1, 0.15) is 37.0 Å². The number of aromatic nitrogens is 4. The van der Waals surface area contributed by atoms with E-state index < -0.39 is 29.2 Å². The topological polar surface area (TPSA) is 191 Å². The van der Waals surface area contributed by atoms with Gasteiger partial charge in [-0.15, -0.1) is 11.8 Å². The summed E-state index contributed by atoms with van der Waals surface area (Å²) in [5.74, 6) is -2.00. The zero-order valence-electron chi connectivity index (χ0n) is 21.1. The molecule has 3 aromatic heterocycles. The molecule has 1 saturated heterocycles. The first-order valence-corrected chi connectivity index (χ1v) is 14.9. The van der Waals surface area contributed by atoms with Crippen LogP contribution in [-0.4, -0.2) is 83.4 Å². The SMILES string of the molecule is CCO/N=C(\C(=O)N[C@@H]1C(=O)N2C(C(=O)[O-])=C(C[n+]3ccn4c(SCCO)cccc43)CS[C@@H]12)c1nsc(N)n1. The van der Waals surface area contributed by atoms with Gasteiger partial charge in [-0.3, -0.25) is 14.5 Å². The van der Waals surface area contributed by atoms with Crippen LogP contribution in [0.25, 0.3) is 5.65 Å². The van der Waals surface area contributed by atoms with Crippen molar-refractivity contribution in [1.82, 2.24) is 24.0 Å². The second kappa shape index (κ2) is 11.8. The number of nitrogen functional groups attached to an aromatic ring is 1.